The standard InChI is InChI=1S/C38H39N3O4/c1-3-4-20-41-33(36(30-15-10-27(2)11-16-30)39-37(41)31-8-6-5-7-9-31)26-40(24-28-12-17-32(18-13-28)38(42)43)25-29-14-19-34-35(23-29)45-22-21-44-34/h5-19,23H,3-4,20-22,24-26H2,1-2H3,(H,42,43). The summed E-state index contributed by atoms with van der Waals surface area (Å²) in [6.07, 6.45) is 2.11. The van der Waals surface area contributed by atoms with Gasteiger partial charge in [0, 0.05) is 37.3 Å². The highest BCUT2D eigenvalue weighted by molar-refractivity contribution is 5.87. The maximum absolute atomic E-state index is 11.5. The summed E-state index contributed by atoms with van der Waals surface area (Å²) in [7, 11) is 0. The van der Waals surface area contributed by atoms with Crippen LogP contribution in [-0.2, 0) is 26.2 Å². The smallest absolute Gasteiger partial charge is 0.335 e. The fraction of sp³-hybridized carbons (Fsp3) is 0.263. The van der Waals surface area contributed by atoms with Crippen molar-refractivity contribution in [3.8, 4) is 34.1 Å². The number of benzene rings is 4. The third kappa shape index (κ3) is 7.10. The van der Waals surface area contributed by atoms with E-state index in [1.165, 1.54) is 5.56 Å². The lowest BCUT2D eigenvalue weighted by Gasteiger charge is -2.26. The Morgan fingerprint density at radius 2 is 1.51 bits per heavy atom. The van der Waals surface area contributed by atoms with Crippen LogP contribution in [0.3, 0.4) is 0 Å². The quantitative estimate of drug-likeness (QED) is 0.156. The third-order valence-electron chi connectivity index (χ3n) is 8.16. The van der Waals surface area contributed by atoms with Crippen LogP contribution < -0.4 is 9.47 Å². The van der Waals surface area contributed by atoms with Gasteiger partial charge >= 0.3 is 5.97 Å². The van der Waals surface area contributed by atoms with E-state index < -0.39 is 5.97 Å². The van der Waals surface area contributed by atoms with E-state index in [1.54, 1.807) is 12.1 Å². The predicted octanol–water partition coefficient (Wildman–Crippen LogP) is 8.00. The van der Waals surface area contributed by atoms with Crippen molar-refractivity contribution in [1.82, 2.24) is 14.5 Å². The fourth-order valence-electron chi connectivity index (χ4n) is 5.79. The number of nitrogens with zero attached hydrogens (tertiary/aromatic N) is 3. The van der Waals surface area contributed by atoms with Crippen LogP contribution in [0, 0.1) is 6.92 Å². The van der Waals surface area contributed by atoms with Crippen LogP contribution in [-0.4, -0.2) is 38.7 Å². The molecular weight excluding hydrogens is 562 g/mol. The Morgan fingerprint density at radius 3 is 2.22 bits per heavy atom. The number of carbonyl (C=O) groups is 1. The van der Waals surface area contributed by atoms with Crippen molar-refractivity contribution in [3.63, 3.8) is 0 Å². The van der Waals surface area contributed by atoms with E-state index in [1.807, 2.05) is 24.3 Å². The minimum absolute atomic E-state index is 0.281. The van der Waals surface area contributed by atoms with Gasteiger partial charge in [0.25, 0.3) is 0 Å². The lowest BCUT2D eigenvalue weighted by atomic mass is 10.1. The van der Waals surface area contributed by atoms with Crippen molar-refractivity contribution in [2.75, 3.05) is 13.2 Å². The number of hydrogen-bond donors (Lipinski definition) is 1. The maximum atomic E-state index is 11.5. The second kappa shape index (κ2) is 13.8. The van der Waals surface area contributed by atoms with Crippen LogP contribution in [0.2, 0.25) is 0 Å². The van der Waals surface area contributed by atoms with Gasteiger partial charge in [0.05, 0.1) is 17.0 Å². The molecule has 7 heteroatoms. The molecule has 7 nitrogen and oxygen atoms in total. The normalized spacial score (nSPS) is 12.4. The van der Waals surface area contributed by atoms with Gasteiger partial charge in [0.2, 0.25) is 0 Å². The number of aryl methyl sites for hydroxylation is 1. The van der Waals surface area contributed by atoms with Crippen LogP contribution in [0.1, 0.15) is 52.5 Å². The minimum Gasteiger partial charge on any atom is -0.486 e. The van der Waals surface area contributed by atoms with E-state index in [-0.39, 0.29) is 5.56 Å². The van der Waals surface area contributed by atoms with Crippen molar-refractivity contribution in [2.45, 2.75) is 52.9 Å². The van der Waals surface area contributed by atoms with Crippen molar-refractivity contribution < 1.29 is 19.4 Å². The Hall–Kier alpha value is -4.88. The number of imidazole rings is 1. The van der Waals surface area contributed by atoms with E-state index in [0.717, 1.165) is 70.4 Å². The lowest BCUT2D eigenvalue weighted by Crippen LogP contribution is -2.25. The van der Waals surface area contributed by atoms with Crippen LogP contribution in [0.25, 0.3) is 22.6 Å². The van der Waals surface area contributed by atoms with Crippen LogP contribution >= 0.6 is 0 Å². The molecule has 6 rings (SSSR count). The molecule has 0 fully saturated rings. The van der Waals surface area contributed by atoms with Crippen molar-refractivity contribution >= 4 is 5.97 Å². The predicted molar refractivity (Wildman–Crippen MR) is 177 cm³/mol. The topological polar surface area (TPSA) is 76.8 Å². The second-order valence-corrected chi connectivity index (χ2v) is 11.6. The minimum atomic E-state index is -0.925. The molecule has 1 aliphatic rings. The first-order valence-corrected chi connectivity index (χ1v) is 15.6. The number of carboxylic acids is 1. The van der Waals surface area contributed by atoms with Gasteiger partial charge in [0.1, 0.15) is 19.0 Å². The summed E-state index contributed by atoms with van der Waals surface area (Å²) in [5.74, 6) is 1.59. The molecule has 1 aliphatic heterocycles. The molecule has 0 aliphatic carbocycles. The van der Waals surface area contributed by atoms with Gasteiger partial charge in [-0.3, -0.25) is 4.90 Å². The van der Waals surface area contributed by atoms with Gasteiger partial charge in [-0.1, -0.05) is 91.7 Å². The van der Waals surface area contributed by atoms with Crippen molar-refractivity contribution in [1.29, 1.82) is 0 Å². The molecule has 0 bridgehead atoms. The maximum Gasteiger partial charge on any atom is 0.335 e. The van der Waals surface area contributed by atoms with E-state index >= 15 is 0 Å². The lowest BCUT2D eigenvalue weighted by molar-refractivity contribution is 0.0697. The molecule has 0 saturated heterocycles. The van der Waals surface area contributed by atoms with Crippen molar-refractivity contribution in [3.05, 3.63) is 125 Å². The Labute approximate surface area is 264 Å². The summed E-state index contributed by atoms with van der Waals surface area (Å²) in [4.78, 5) is 19.2. The number of aromatic nitrogens is 2. The summed E-state index contributed by atoms with van der Waals surface area (Å²) in [6, 6.07) is 32.4. The first kappa shape index (κ1) is 30.2. The molecule has 1 aromatic heterocycles. The Balaban J connectivity index is 1.43. The molecule has 45 heavy (non-hydrogen) atoms. The SMILES string of the molecule is CCCCn1c(-c2ccccc2)nc(-c2ccc(C)cc2)c1CN(Cc1ccc(C(=O)O)cc1)Cc1ccc2c(c1)OCCO2. The highest BCUT2D eigenvalue weighted by Crippen LogP contribution is 2.34. The molecule has 0 saturated carbocycles. The van der Waals surface area contributed by atoms with Gasteiger partial charge in [-0.15, -0.1) is 0 Å². The van der Waals surface area contributed by atoms with E-state index in [4.69, 9.17) is 14.5 Å². The highest BCUT2D eigenvalue weighted by Gasteiger charge is 2.23. The fourth-order valence-corrected chi connectivity index (χ4v) is 5.79. The zero-order valence-electron chi connectivity index (χ0n) is 25.9. The number of carboxylic acid groups (broad SMARTS) is 1. The van der Waals surface area contributed by atoms with Gasteiger partial charge in [-0.2, -0.15) is 0 Å². The first-order chi connectivity index (χ1) is 22.0. The summed E-state index contributed by atoms with van der Waals surface area (Å²) < 4.78 is 14.1. The molecule has 5 aromatic rings. The largest absolute Gasteiger partial charge is 0.486 e. The number of ether oxygens (including phenoxy) is 2. The summed E-state index contributed by atoms with van der Waals surface area (Å²) >= 11 is 0. The molecule has 1 N–H and O–H groups in total. The molecule has 0 unspecified atom stereocenters. The van der Waals surface area contributed by atoms with Crippen LogP contribution in [0.5, 0.6) is 11.5 Å². The zero-order chi connectivity index (χ0) is 31.2. The highest BCUT2D eigenvalue weighted by atomic mass is 16.6. The number of unbranched alkanes of at least 4 members (excludes halogenated alkanes) is 1. The number of aromatic carboxylic acids is 1. The average molecular weight is 602 g/mol. The summed E-state index contributed by atoms with van der Waals surface area (Å²) in [5.41, 5.74) is 7.97. The van der Waals surface area contributed by atoms with Gasteiger partial charge < -0.3 is 19.1 Å². The Kier molecular flexibility index (Phi) is 9.27. The molecular formula is C38H39N3O4. The Morgan fingerprint density at radius 1 is 0.822 bits per heavy atom. The van der Waals surface area contributed by atoms with Gasteiger partial charge in [-0.05, 0) is 48.7 Å². The van der Waals surface area contributed by atoms with Crippen molar-refractivity contribution in [2.24, 2.45) is 0 Å². The molecule has 230 valence electrons. The second-order valence-electron chi connectivity index (χ2n) is 11.6. The Bertz CT molecular complexity index is 1750. The molecule has 0 atom stereocenters. The van der Waals surface area contributed by atoms with E-state index in [0.29, 0.717) is 32.8 Å². The number of rotatable bonds is 12. The molecule has 0 spiro atoms. The number of hydrogen-bond acceptors (Lipinski definition) is 5. The average Bonchev–Trinajstić information content (AvgIpc) is 3.42. The van der Waals surface area contributed by atoms with Gasteiger partial charge in [0.15, 0.2) is 11.5 Å². The molecule has 0 radical (unpaired) electrons. The van der Waals surface area contributed by atoms with Crippen LogP contribution in [0.15, 0.2) is 97.1 Å². The van der Waals surface area contributed by atoms with E-state index in [9.17, 15) is 9.90 Å². The number of fused-ring (bicyclic) bond motifs is 1. The summed E-state index contributed by atoms with van der Waals surface area (Å²) in [6.45, 7) is 8.19. The zero-order valence-corrected chi connectivity index (χ0v) is 25.9. The molecule has 4 aromatic carbocycles. The first-order valence-electron chi connectivity index (χ1n) is 15.6. The van der Waals surface area contributed by atoms with Gasteiger partial charge in [-0.25, -0.2) is 9.78 Å². The third-order valence-corrected chi connectivity index (χ3v) is 8.16. The van der Waals surface area contributed by atoms with E-state index in [2.05, 4.69) is 84.0 Å². The monoisotopic (exact) mass is 601 g/mol. The van der Waals surface area contributed by atoms with Crippen LogP contribution in [0.4, 0.5) is 0 Å². The molecule has 2 heterocycles. The summed E-state index contributed by atoms with van der Waals surface area (Å²) in [5, 5.41) is 9.46. The molecule has 0 amide bonds.